The van der Waals surface area contributed by atoms with E-state index < -0.39 is 5.97 Å². The Balaban J connectivity index is 3.67. The van der Waals surface area contributed by atoms with Crippen LogP contribution in [0, 0.1) is 5.92 Å². The SMILES string of the molecule is COCOC[C@@H](C)C/C=C(\C)C(=O)O. The van der Waals surface area contributed by atoms with Gasteiger partial charge in [-0.05, 0) is 19.3 Å². The number of hydrogen-bond donors (Lipinski definition) is 1. The highest BCUT2D eigenvalue weighted by Gasteiger charge is 2.03. The summed E-state index contributed by atoms with van der Waals surface area (Å²) in [6.07, 6.45) is 2.42. The van der Waals surface area contributed by atoms with E-state index in [4.69, 9.17) is 14.6 Å². The van der Waals surface area contributed by atoms with E-state index in [0.717, 1.165) is 0 Å². The van der Waals surface area contributed by atoms with Gasteiger partial charge in [0.15, 0.2) is 0 Å². The van der Waals surface area contributed by atoms with Crippen LogP contribution in [0.15, 0.2) is 11.6 Å². The monoisotopic (exact) mass is 202 g/mol. The van der Waals surface area contributed by atoms with Crippen molar-refractivity contribution in [1.29, 1.82) is 0 Å². The molecule has 0 amide bonds. The zero-order valence-corrected chi connectivity index (χ0v) is 8.95. The Morgan fingerprint density at radius 2 is 2.21 bits per heavy atom. The van der Waals surface area contributed by atoms with Crippen LogP contribution in [0.3, 0.4) is 0 Å². The maximum Gasteiger partial charge on any atom is 0.330 e. The molecule has 1 N–H and O–H groups in total. The molecule has 0 radical (unpaired) electrons. The molecule has 0 aliphatic rings. The van der Waals surface area contributed by atoms with Crippen LogP contribution in [0.4, 0.5) is 0 Å². The Labute approximate surface area is 84.5 Å². The van der Waals surface area contributed by atoms with Crippen LogP contribution in [-0.4, -0.2) is 31.6 Å². The third-order valence-electron chi connectivity index (χ3n) is 1.77. The molecule has 0 spiro atoms. The molecule has 0 saturated heterocycles. The normalized spacial score (nSPS) is 14.1. The molecule has 0 aromatic carbocycles. The van der Waals surface area contributed by atoms with Crippen LogP contribution in [-0.2, 0) is 14.3 Å². The van der Waals surface area contributed by atoms with Gasteiger partial charge < -0.3 is 14.6 Å². The zero-order valence-electron chi connectivity index (χ0n) is 8.95. The van der Waals surface area contributed by atoms with E-state index in [-0.39, 0.29) is 6.79 Å². The van der Waals surface area contributed by atoms with Crippen molar-refractivity contribution >= 4 is 5.97 Å². The predicted molar refractivity (Wildman–Crippen MR) is 53.0 cm³/mol. The molecule has 4 heteroatoms. The van der Waals surface area contributed by atoms with Crippen molar-refractivity contribution in [3.8, 4) is 0 Å². The van der Waals surface area contributed by atoms with Gasteiger partial charge in [0.1, 0.15) is 6.79 Å². The molecule has 0 heterocycles. The van der Waals surface area contributed by atoms with E-state index >= 15 is 0 Å². The van der Waals surface area contributed by atoms with Gasteiger partial charge in [0.25, 0.3) is 0 Å². The number of carbonyl (C=O) groups is 1. The van der Waals surface area contributed by atoms with E-state index in [1.54, 1.807) is 20.1 Å². The van der Waals surface area contributed by atoms with Crippen molar-refractivity contribution in [1.82, 2.24) is 0 Å². The highest BCUT2D eigenvalue weighted by atomic mass is 16.7. The summed E-state index contributed by atoms with van der Waals surface area (Å²) in [5, 5.41) is 8.59. The van der Waals surface area contributed by atoms with Gasteiger partial charge in [-0.1, -0.05) is 13.0 Å². The van der Waals surface area contributed by atoms with Crippen molar-refractivity contribution in [2.24, 2.45) is 5.92 Å². The van der Waals surface area contributed by atoms with Crippen LogP contribution in [0.25, 0.3) is 0 Å². The van der Waals surface area contributed by atoms with Crippen molar-refractivity contribution in [2.75, 3.05) is 20.5 Å². The first-order valence-electron chi connectivity index (χ1n) is 4.54. The van der Waals surface area contributed by atoms with Crippen molar-refractivity contribution in [3.63, 3.8) is 0 Å². The van der Waals surface area contributed by atoms with Crippen molar-refractivity contribution in [3.05, 3.63) is 11.6 Å². The summed E-state index contributed by atoms with van der Waals surface area (Å²) in [5.41, 5.74) is 0.378. The Kier molecular flexibility index (Phi) is 7.06. The lowest BCUT2D eigenvalue weighted by molar-refractivity contribution is -0.132. The third kappa shape index (κ3) is 6.62. The molecule has 82 valence electrons. The molecule has 0 aromatic rings. The second-order valence-electron chi connectivity index (χ2n) is 3.31. The number of allylic oxidation sites excluding steroid dienone is 1. The van der Waals surface area contributed by atoms with Gasteiger partial charge in [-0.3, -0.25) is 0 Å². The fraction of sp³-hybridized carbons (Fsp3) is 0.700. The fourth-order valence-corrected chi connectivity index (χ4v) is 0.866. The molecule has 0 aliphatic heterocycles. The van der Waals surface area contributed by atoms with Gasteiger partial charge in [-0.25, -0.2) is 4.79 Å². The lowest BCUT2D eigenvalue weighted by atomic mass is 10.1. The minimum absolute atomic E-state index is 0.284. The molecule has 1 atom stereocenters. The van der Waals surface area contributed by atoms with E-state index in [1.165, 1.54) is 0 Å². The predicted octanol–water partition coefficient (Wildman–Crippen LogP) is 1.66. The van der Waals surface area contributed by atoms with Crippen LogP contribution in [0.1, 0.15) is 20.3 Å². The number of aliphatic carboxylic acids is 1. The summed E-state index contributed by atoms with van der Waals surface area (Å²) < 4.78 is 9.86. The smallest absolute Gasteiger partial charge is 0.330 e. The molecule has 0 saturated carbocycles. The van der Waals surface area contributed by atoms with Gasteiger partial charge in [0, 0.05) is 12.7 Å². The molecule has 0 rings (SSSR count). The molecule has 0 unspecified atom stereocenters. The van der Waals surface area contributed by atoms with Crippen LogP contribution in [0.5, 0.6) is 0 Å². The van der Waals surface area contributed by atoms with Gasteiger partial charge in [0.2, 0.25) is 0 Å². The molecule has 0 aromatic heterocycles. The molecule has 0 aliphatic carbocycles. The number of methoxy groups -OCH3 is 1. The Bertz CT molecular complexity index is 198. The second kappa shape index (κ2) is 7.53. The van der Waals surface area contributed by atoms with Crippen LogP contribution in [0.2, 0.25) is 0 Å². The number of hydrogen-bond acceptors (Lipinski definition) is 3. The fourth-order valence-electron chi connectivity index (χ4n) is 0.866. The second-order valence-corrected chi connectivity index (χ2v) is 3.31. The third-order valence-corrected chi connectivity index (χ3v) is 1.77. The maximum atomic E-state index is 10.5. The number of carboxylic acid groups (broad SMARTS) is 1. The lowest BCUT2D eigenvalue weighted by Gasteiger charge is -2.08. The highest BCUT2D eigenvalue weighted by Crippen LogP contribution is 2.06. The summed E-state index contributed by atoms with van der Waals surface area (Å²) in [7, 11) is 1.57. The zero-order chi connectivity index (χ0) is 11.0. The standard InChI is InChI=1S/C10H18O4/c1-8(6-14-7-13-3)4-5-9(2)10(11)12/h5,8H,4,6-7H2,1-3H3,(H,11,12)/b9-5+/t8-/m0/s1. The van der Waals surface area contributed by atoms with Gasteiger partial charge in [-0.15, -0.1) is 0 Å². The molecule has 0 bridgehead atoms. The summed E-state index contributed by atoms with van der Waals surface area (Å²) >= 11 is 0. The number of rotatable bonds is 7. The summed E-state index contributed by atoms with van der Waals surface area (Å²) in [4.78, 5) is 10.5. The topological polar surface area (TPSA) is 55.8 Å². The molecule has 4 nitrogen and oxygen atoms in total. The van der Waals surface area contributed by atoms with Gasteiger partial charge in [0.05, 0.1) is 6.61 Å². The van der Waals surface area contributed by atoms with E-state index in [1.807, 2.05) is 6.92 Å². The number of ether oxygens (including phenoxy) is 2. The average Bonchev–Trinajstić information content (AvgIpc) is 2.14. The first-order chi connectivity index (χ1) is 6.57. The summed E-state index contributed by atoms with van der Waals surface area (Å²) in [6.45, 7) is 4.45. The Hall–Kier alpha value is -0.870. The van der Waals surface area contributed by atoms with Gasteiger partial charge in [-0.2, -0.15) is 0 Å². The summed E-state index contributed by atoms with van der Waals surface area (Å²) in [5.74, 6) is -0.561. The van der Waals surface area contributed by atoms with Crippen LogP contribution < -0.4 is 0 Å². The lowest BCUT2D eigenvalue weighted by Crippen LogP contribution is -2.07. The highest BCUT2D eigenvalue weighted by molar-refractivity contribution is 5.85. The molecular formula is C10H18O4. The van der Waals surface area contributed by atoms with Gasteiger partial charge >= 0.3 is 5.97 Å². The Morgan fingerprint density at radius 3 is 2.71 bits per heavy atom. The van der Waals surface area contributed by atoms with Crippen molar-refractivity contribution in [2.45, 2.75) is 20.3 Å². The molecular weight excluding hydrogens is 184 g/mol. The first-order valence-corrected chi connectivity index (χ1v) is 4.54. The maximum absolute atomic E-state index is 10.5. The van der Waals surface area contributed by atoms with Crippen molar-refractivity contribution < 1.29 is 19.4 Å². The van der Waals surface area contributed by atoms with E-state index in [0.29, 0.717) is 24.5 Å². The van der Waals surface area contributed by atoms with Crippen LogP contribution >= 0.6 is 0 Å². The quantitative estimate of drug-likeness (QED) is 0.387. The largest absolute Gasteiger partial charge is 0.478 e. The number of carboxylic acids is 1. The Morgan fingerprint density at radius 1 is 1.57 bits per heavy atom. The molecule has 0 fully saturated rings. The minimum Gasteiger partial charge on any atom is -0.478 e. The summed E-state index contributed by atoms with van der Waals surface area (Å²) in [6, 6.07) is 0. The first kappa shape index (κ1) is 13.1. The molecule has 14 heavy (non-hydrogen) atoms. The minimum atomic E-state index is -0.866. The van der Waals surface area contributed by atoms with E-state index in [2.05, 4.69) is 0 Å². The van der Waals surface area contributed by atoms with E-state index in [9.17, 15) is 4.79 Å². The average molecular weight is 202 g/mol.